The van der Waals surface area contributed by atoms with E-state index in [0.29, 0.717) is 0 Å². The lowest BCUT2D eigenvalue weighted by atomic mass is 9.91. The molecule has 0 heterocycles. The Balaban J connectivity index is 1.15. The van der Waals surface area contributed by atoms with Gasteiger partial charge >= 0.3 is 0 Å². The van der Waals surface area contributed by atoms with Crippen molar-refractivity contribution in [1.82, 2.24) is 0 Å². The first-order valence-corrected chi connectivity index (χ1v) is 13.4. The van der Waals surface area contributed by atoms with Gasteiger partial charge in [-0.25, -0.2) is 0 Å². The molecule has 1 nitrogen and oxygen atoms in total. The van der Waals surface area contributed by atoms with Crippen molar-refractivity contribution in [1.29, 1.82) is 0 Å². The summed E-state index contributed by atoms with van der Waals surface area (Å²) in [6.07, 6.45) is 0. The second-order valence-corrected chi connectivity index (χ2v) is 9.92. The minimum Gasteiger partial charge on any atom is -0.356 e. The molecule has 0 saturated heterocycles. The average molecular weight is 498 g/mol. The van der Waals surface area contributed by atoms with E-state index in [1.165, 1.54) is 54.9 Å². The minimum atomic E-state index is 1.07. The van der Waals surface area contributed by atoms with Crippen molar-refractivity contribution in [2.24, 2.45) is 0 Å². The molecule has 7 aromatic carbocycles. The van der Waals surface area contributed by atoms with Crippen LogP contribution in [0.15, 0.2) is 158 Å². The normalized spacial score (nSPS) is 11.1. The zero-order valence-electron chi connectivity index (χ0n) is 21.5. The maximum Gasteiger partial charge on any atom is 0.0384 e. The van der Waals surface area contributed by atoms with Gasteiger partial charge in [0.15, 0.2) is 0 Å². The lowest BCUT2D eigenvalue weighted by molar-refractivity contribution is 1.54. The molecular weight excluding hydrogens is 470 g/mol. The largest absolute Gasteiger partial charge is 0.356 e. The first-order chi connectivity index (χ1) is 19.3. The van der Waals surface area contributed by atoms with Crippen molar-refractivity contribution in [2.45, 2.75) is 0 Å². The summed E-state index contributed by atoms with van der Waals surface area (Å²) in [4.78, 5) is 0. The summed E-state index contributed by atoms with van der Waals surface area (Å²) in [6.45, 7) is 0. The van der Waals surface area contributed by atoms with Crippen LogP contribution in [0.2, 0.25) is 0 Å². The van der Waals surface area contributed by atoms with Crippen LogP contribution in [0.5, 0.6) is 0 Å². The SMILES string of the molecule is c1ccc(-c2cccc3cccc(-c4ccc(Nc5ccc(-c6ccc7ccccc7c6)cc5)cc4)c23)cc1. The predicted molar refractivity (Wildman–Crippen MR) is 167 cm³/mol. The molecule has 184 valence electrons. The number of anilines is 2. The summed E-state index contributed by atoms with van der Waals surface area (Å²) >= 11 is 0. The van der Waals surface area contributed by atoms with E-state index >= 15 is 0 Å². The summed E-state index contributed by atoms with van der Waals surface area (Å²) in [7, 11) is 0. The van der Waals surface area contributed by atoms with E-state index in [1.54, 1.807) is 0 Å². The van der Waals surface area contributed by atoms with Gasteiger partial charge in [0.1, 0.15) is 0 Å². The van der Waals surface area contributed by atoms with Crippen LogP contribution in [0.25, 0.3) is 54.9 Å². The highest BCUT2D eigenvalue weighted by Gasteiger charge is 2.10. The number of nitrogens with one attached hydrogen (secondary N) is 1. The maximum atomic E-state index is 3.57. The first kappa shape index (κ1) is 23.0. The molecule has 0 fully saturated rings. The fourth-order valence-electron chi connectivity index (χ4n) is 5.45. The molecular formula is C38H27N. The van der Waals surface area contributed by atoms with Gasteiger partial charge in [0, 0.05) is 11.4 Å². The molecule has 7 rings (SSSR count). The van der Waals surface area contributed by atoms with Gasteiger partial charge in [0.05, 0.1) is 0 Å². The zero-order chi connectivity index (χ0) is 26.0. The summed E-state index contributed by atoms with van der Waals surface area (Å²) in [5.74, 6) is 0. The van der Waals surface area contributed by atoms with Crippen LogP contribution < -0.4 is 5.32 Å². The van der Waals surface area contributed by atoms with Crippen molar-refractivity contribution in [3.63, 3.8) is 0 Å². The van der Waals surface area contributed by atoms with E-state index in [4.69, 9.17) is 0 Å². The average Bonchev–Trinajstić information content (AvgIpc) is 3.01. The number of hydrogen-bond acceptors (Lipinski definition) is 1. The van der Waals surface area contributed by atoms with Crippen molar-refractivity contribution >= 4 is 32.9 Å². The molecule has 0 aliphatic carbocycles. The molecule has 0 aliphatic heterocycles. The van der Waals surface area contributed by atoms with Crippen LogP contribution in [-0.2, 0) is 0 Å². The van der Waals surface area contributed by atoms with Crippen LogP contribution in [0.1, 0.15) is 0 Å². The zero-order valence-corrected chi connectivity index (χ0v) is 21.5. The molecule has 0 aliphatic rings. The van der Waals surface area contributed by atoms with Crippen LogP contribution in [0, 0.1) is 0 Å². The molecule has 0 aromatic heterocycles. The lowest BCUT2D eigenvalue weighted by Crippen LogP contribution is -1.91. The highest BCUT2D eigenvalue weighted by molar-refractivity contribution is 6.06. The van der Waals surface area contributed by atoms with Gasteiger partial charge in [-0.3, -0.25) is 0 Å². The van der Waals surface area contributed by atoms with Crippen LogP contribution in [0.4, 0.5) is 11.4 Å². The monoisotopic (exact) mass is 497 g/mol. The molecule has 0 amide bonds. The first-order valence-electron chi connectivity index (χ1n) is 13.4. The summed E-state index contributed by atoms with van der Waals surface area (Å²) in [5.41, 5.74) is 9.55. The van der Waals surface area contributed by atoms with E-state index in [9.17, 15) is 0 Å². The third kappa shape index (κ3) is 4.56. The molecule has 0 unspecified atom stereocenters. The van der Waals surface area contributed by atoms with Gasteiger partial charge in [-0.05, 0) is 85.3 Å². The second-order valence-electron chi connectivity index (χ2n) is 9.92. The van der Waals surface area contributed by atoms with E-state index < -0.39 is 0 Å². The standard InChI is InChI=1S/C38H27N/c1-2-9-29(10-3-1)36-14-6-12-31-13-7-15-37(38(31)36)30-20-24-35(25-21-30)39-34-22-18-28(19-23-34)33-17-16-27-8-4-5-11-32(27)26-33/h1-26,39H. The van der Waals surface area contributed by atoms with Gasteiger partial charge in [0.2, 0.25) is 0 Å². The Morgan fingerprint density at radius 2 is 0.821 bits per heavy atom. The van der Waals surface area contributed by atoms with Crippen molar-refractivity contribution in [2.75, 3.05) is 5.32 Å². The quantitative estimate of drug-likeness (QED) is 0.249. The van der Waals surface area contributed by atoms with Gasteiger partial charge in [0.25, 0.3) is 0 Å². The Morgan fingerprint density at radius 3 is 1.49 bits per heavy atom. The third-order valence-electron chi connectivity index (χ3n) is 7.44. The van der Waals surface area contributed by atoms with Crippen molar-refractivity contribution < 1.29 is 0 Å². The van der Waals surface area contributed by atoms with Gasteiger partial charge < -0.3 is 5.32 Å². The number of rotatable bonds is 5. The second kappa shape index (κ2) is 9.96. The van der Waals surface area contributed by atoms with E-state index in [0.717, 1.165) is 11.4 Å². The van der Waals surface area contributed by atoms with Crippen LogP contribution in [-0.4, -0.2) is 0 Å². The Bertz CT molecular complexity index is 1900. The third-order valence-corrected chi connectivity index (χ3v) is 7.44. The molecule has 1 heteroatoms. The number of benzene rings is 7. The van der Waals surface area contributed by atoms with Crippen LogP contribution in [0.3, 0.4) is 0 Å². The Kier molecular flexibility index (Phi) is 5.88. The fraction of sp³-hybridized carbons (Fsp3) is 0. The summed E-state index contributed by atoms with van der Waals surface area (Å²) < 4.78 is 0. The van der Waals surface area contributed by atoms with E-state index in [2.05, 4.69) is 163 Å². The molecule has 0 radical (unpaired) electrons. The van der Waals surface area contributed by atoms with E-state index in [-0.39, 0.29) is 0 Å². The highest BCUT2D eigenvalue weighted by Crippen LogP contribution is 2.37. The Hall–Kier alpha value is -5.14. The Morgan fingerprint density at radius 1 is 0.308 bits per heavy atom. The lowest BCUT2D eigenvalue weighted by Gasteiger charge is -2.13. The van der Waals surface area contributed by atoms with Crippen molar-refractivity contribution in [3.05, 3.63) is 158 Å². The fourth-order valence-corrected chi connectivity index (χ4v) is 5.45. The smallest absolute Gasteiger partial charge is 0.0384 e. The van der Waals surface area contributed by atoms with Crippen molar-refractivity contribution in [3.8, 4) is 33.4 Å². The van der Waals surface area contributed by atoms with Crippen LogP contribution >= 0.6 is 0 Å². The topological polar surface area (TPSA) is 12.0 Å². The predicted octanol–water partition coefficient (Wildman–Crippen LogP) is 10.7. The highest BCUT2D eigenvalue weighted by atomic mass is 14.9. The maximum absolute atomic E-state index is 3.57. The molecule has 0 bridgehead atoms. The summed E-state index contributed by atoms with van der Waals surface area (Å²) in [5, 5.41) is 8.64. The molecule has 0 atom stereocenters. The molecule has 39 heavy (non-hydrogen) atoms. The molecule has 0 spiro atoms. The molecule has 0 saturated carbocycles. The van der Waals surface area contributed by atoms with Gasteiger partial charge in [-0.2, -0.15) is 0 Å². The minimum absolute atomic E-state index is 1.07. The van der Waals surface area contributed by atoms with Gasteiger partial charge in [-0.1, -0.05) is 127 Å². The number of fused-ring (bicyclic) bond motifs is 2. The molecule has 1 N–H and O–H groups in total. The Labute approximate surface area is 229 Å². The number of hydrogen-bond donors (Lipinski definition) is 1. The van der Waals surface area contributed by atoms with E-state index in [1.807, 2.05) is 0 Å². The van der Waals surface area contributed by atoms with Gasteiger partial charge in [-0.15, -0.1) is 0 Å². The summed E-state index contributed by atoms with van der Waals surface area (Å²) in [6, 6.07) is 56.3. The molecule has 7 aromatic rings.